The molecule has 0 bridgehead atoms. The van der Waals surface area contributed by atoms with Crippen molar-refractivity contribution >= 4 is 40.6 Å². The van der Waals surface area contributed by atoms with Gasteiger partial charge in [-0.15, -0.1) is 0 Å². The van der Waals surface area contributed by atoms with Gasteiger partial charge in [-0.05, 0) is 29.8 Å². The van der Waals surface area contributed by atoms with Crippen LogP contribution in [0.2, 0.25) is 10.0 Å². The summed E-state index contributed by atoms with van der Waals surface area (Å²) < 4.78 is 42.1. The largest absolute Gasteiger partial charge is 0.410 e. The van der Waals surface area contributed by atoms with Crippen molar-refractivity contribution in [2.24, 2.45) is 0 Å². The predicted octanol–water partition coefficient (Wildman–Crippen LogP) is 6.10. The first kappa shape index (κ1) is 20.6. The highest BCUT2D eigenvalue weighted by Gasteiger charge is 2.47. The summed E-state index contributed by atoms with van der Waals surface area (Å²) >= 11 is 12.1. The summed E-state index contributed by atoms with van der Waals surface area (Å²) in [6.07, 6.45) is -4.85. The zero-order valence-corrected chi connectivity index (χ0v) is 16.8. The van der Waals surface area contributed by atoms with Crippen LogP contribution < -0.4 is 10.6 Å². The smallest absolute Gasteiger partial charge is 0.362 e. The first-order valence-corrected chi connectivity index (χ1v) is 9.72. The summed E-state index contributed by atoms with van der Waals surface area (Å²) in [5.41, 5.74) is 0.799. The monoisotopic (exact) mass is 454 g/mol. The van der Waals surface area contributed by atoms with Gasteiger partial charge in [0.25, 0.3) is 5.91 Å². The molecule has 0 aliphatic carbocycles. The molecule has 2 aromatic carbocycles. The fourth-order valence-corrected chi connectivity index (χ4v) is 3.75. The number of benzene rings is 2. The molecule has 3 aromatic rings. The number of hydrogen-bond acceptors (Lipinski definition) is 3. The van der Waals surface area contributed by atoms with E-state index >= 15 is 0 Å². The number of rotatable bonds is 3. The van der Waals surface area contributed by atoms with Gasteiger partial charge in [-0.3, -0.25) is 4.79 Å². The molecule has 0 spiro atoms. The van der Waals surface area contributed by atoms with Gasteiger partial charge in [0.15, 0.2) is 11.7 Å². The lowest BCUT2D eigenvalue weighted by atomic mass is 9.97. The Morgan fingerprint density at radius 1 is 1.10 bits per heavy atom. The number of carbonyl (C=O) groups is 1. The average Bonchev–Trinajstić information content (AvgIpc) is 3.05. The highest BCUT2D eigenvalue weighted by atomic mass is 35.5. The molecule has 5 nitrogen and oxygen atoms in total. The van der Waals surface area contributed by atoms with Crippen LogP contribution in [0.4, 0.5) is 24.7 Å². The van der Waals surface area contributed by atoms with Gasteiger partial charge in [-0.2, -0.15) is 18.3 Å². The van der Waals surface area contributed by atoms with Crippen molar-refractivity contribution in [1.29, 1.82) is 0 Å². The maximum absolute atomic E-state index is 13.8. The molecule has 1 aliphatic heterocycles. The maximum Gasteiger partial charge on any atom is 0.410 e. The number of amides is 1. The van der Waals surface area contributed by atoms with Crippen molar-refractivity contribution < 1.29 is 18.0 Å². The Hall–Kier alpha value is -2.71. The van der Waals surface area contributed by atoms with Crippen LogP contribution in [-0.2, 0) is 0 Å². The lowest BCUT2D eigenvalue weighted by Crippen LogP contribution is -2.35. The SMILES string of the molecule is O=C(Nc1ccc(Cl)cc1)c1nn2c(c1Cl)N[C@@H](c1ccccc1)C[C@H]2C(F)(F)F. The molecule has 0 unspecified atom stereocenters. The van der Waals surface area contributed by atoms with Crippen LogP contribution in [-0.4, -0.2) is 21.9 Å². The molecule has 2 atom stereocenters. The summed E-state index contributed by atoms with van der Waals surface area (Å²) in [7, 11) is 0. The number of aromatic nitrogens is 2. The standard InChI is InChI=1S/C20H15Cl2F3N4O/c21-12-6-8-13(9-7-12)26-19(30)17-16(22)18-27-14(11-4-2-1-3-5-11)10-15(20(23,24)25)29(18)28-17/h1-9,14-15,27H,10H2,(H,26,30)/t14-,15+/m1/s1. The summed E-state index contributed by atoms with van der Waals surface area (Å²) in [4.78, 5) is 12.6. The second-order valence-corrected chi connectivity index (χ2v) is 7.63. The van der Waals surface area contributed by atoms with E-state index in [-0.39, 0.29) is 23.0 Å². The van der Waals surface area contributed by atoms with E-state index in [1.807, 2.05) is 0 Å². The van der Waals surface area contributed by atoms with E-state index in [9.17, 15) is 18.0 Å². The van der Waals surface area contributed by atoms with Crippen molar-refractivity contribution in [1.82, 2.24) is 9.78 Å². The fraction of sp³-hybridized carbons (Fsp3) is 0.200. The number of alkyl halides is 3. The molecule has 4 rings (SSSR count). The Morgan fingerprint density at radius 3 is 2.40 bits per heavy atom. The Balaban J connectivity index is 1.69. The molecule has 2 heterocycles. The number of nitrogens with zero attached hydrogens (tertiary/aromatic N) is 2. The number of halogens is 5. The Bertz CT molecular complexity index is 1070. The third kappa shape index (κ3) is 3.97. The summed E-state index contributed by atoms with van der Waals surface area (Å²) in [5.74, 6) is -0.761. The highest BCUT2D eigenvalue weighted by Crippen LogP contribution is 2.46. The molecule has 10 heteroatoms. The number of hydrogen-bond donors (Lipinski definition) is 2. The molecule has 156 valence electrons. The Labute approximate surface area is 179 Å². The fourth-order valence-electron chi connectivity index (χ4n) is 3.36. The topological polar surface area (TPSA) is 59.0 Å². The van der Waals surface area contributed by atoms with Crippen LogP contribution in [0.3, 0.4) is 0 Å². The minimum atomic E-state index is -4.57. The zero-order chi connectivity index (χ0) is 21.5. The first-order chi connectivity index (χ1) is 14.2. The van der Waals surface area contributed by atoms with Crippen LogP contribution >= 0.6 is 23.2 Å². The van der Waals surface area contributed by atoms with Crippen molar-refractivity contribution in [3.8, 4) is 0 Å². The van der Waals surface area contributed by atoms with E-state index < -0.39 is 24.2 Å². The zero-order valence-electron chi connectivity index (χ0n) is 15.3. The summed E-state index contributed by atoms with van der Waals surface area (Å²) in [6, 6.07) is 12.5. The lowest BCUT2D eigenvalue weighted by Gasteiger charge is -2.33. The van der Waals surface area contributed by atoms with E-state index in [1.165, 1.54) is 0 Å². The molecule has 0 radical (unpaired) electrons. The molecule has 1 aromatic heterocycles. The van der Waals surface area contributed by atoms with Crippen molar-refractivity contribution in [3.05, 3.63) is 75.9 Å². The number of nitrogens with one attached hydrogen (secondary N) is 2. The third-order valence-electron chi connectivity index (χ3n) is 4.81. The number of anilines is 2. The second-order valence-electron chi connectivity index (χ2n) is 6.82. The van der Waals surface area contributed by atoms with Gasteiger partial charge in [-0.1, -0.05) is 53.5 Å². The van der Waals surface area contributed by atoms with E-state index in [2.05, 4.69) is 15.7 Å². The Kier molecular flexibility index (Phi) is 5.38. The van der Waals surface area contributed by atoms with E-state index in [0.717, 1.165) is 4.68 Å². The summed E-state index contributed by atoms with van der Waals surface area (Å²) in [5, 5.41) is 9.78. The van der Waals surface area contributed by atoms with Crippen LogP contribution in [0.25, 0.3) is 0 Å². The lowest BCUT2D eigenvalue weighted by molar-refractivity contribution is -0.173. The van der Waals surface area contributed by atoms with Gasteiger partial charge < -0.3 is 10.6 Å². The highest BCUT2D eigenvalue weighted by molar-refractivity contribution is 6.36. The second kappa shape index (κ2) is 7.85. The number of fused-ring (bicyclic) bond motifs is 1. The maximum atomic E-state index is 13.8. The molecule has 1 amide bonds. The average molecular weight is 455 g/mol. The van der Waals surface area contributed by atoms with Gasteiger partial charge in [0.05, 0.1) is 6.04 Å². The molecule has 1 aliphatic rings. The van der Waals surface area contributed by atoms with Gasteiger partial charge in [0.1, 0.15) is 10.8 Å². The van der Waals surface area contributed by atoms with Gasteiger partial charge in [0, 0.05) is 17.1 Å². The molecular formula is C20H15Cl2F3N4O. The molecule has 0 fully saturated rings. The Morgan fingerprint density at radius 2 is 1.77 bits per heavy atom. The van der Waals surface area contributed by atoms with Crippen LogP contribution in [0.1, 0.15) is 34.6 Å². The van der Waals surface area contributed by atoms with Crippen molar-refractivity contribution in [2.45, 2.75) is 24.7 Å². The minimum Gasteiger partial charge on any atom is -0.362 e. The van der Waals surface area contributed by atoms with Gasteiger partial charge >= 0.3 is 6.18 Å². The minimum absolute atomic E-state index is 0.0413. The van der Waals surface area contributed by atoms with Crippen LogP contribution in [0.5, 0.6) is 0 Å². The van der Waals surface area contributed by atoms with Crippen molar-refractivity contribution in [3.63, 3.8) is 0 Å². The first-order valence-electron chi connectivity index (χ1n) is 8.97. The van der Waals surface area contributed by atoms with Crippen LogP contribution in [0, 0.1) is 0 Å². The molecule has 0 saturated carbocycles. The predicted molar refractivity (Wildman–Crippen MR) is 109 cm³/mol. The van der Waals surface area contributed by atoms with Crippen LogP contribution in [0.15, 0.2) is 54.6 Å². The molecule has 0 saturated heterocycles. The number of carbonyl (C=O) groups excluding carboxylic acids is 1. The van der Waals surface area contributed by atoms with E-state index in [0.29, 0.717) is 16.3 Å². The van der Waals surface area contributed by atoms with E-state index in [1.54, 1.807) is 54.6 Å². The van der Waals surface area contributed by atoms with Gasteiger partial charge in [-0.25, -0.2) is 4.68 Å². The van der Waals surface area contributed by atoms with Crippen molar-refractivity contribution in [2.75, 3.05) is 10.6 Å². The summed E-state index contributed by atoms with van der Waals surface area (Å²) in [6.45, 7) is 0. The van der Waals surface area contributed by atoms with Gasteiger partial charge in [0.2, 0.25) is 0 Å². The molecule has 2 N–H and O–H groups in total. The van der Waals surface area contributed by atoms with E-state index in [4.69, 9.17) is 23.2 Å². The molecular weight excluding hydrogens is 440 g/mol. The molecule has 30 heavy (non-hydrogen) atoms. The quantitative estimate of drug-likeness (QED) is 0.502. The normalized spacial score (nSPS) is 18.4. The third-order valence-corrected chi connectivity index (χ3v) is 5.42.